The number of carbonyl (C=O) groups excluding carboxylic acids is 2. The summed E-state index contributed by atoms with van der Waals surface area (Å²) in [4.78, 5) is 31.1. The summed E-state index contributed by atoms with van der Waals surface area (Å²) in [5.74, 6) is -1.64. The number of ketones is 1. The first kappa shape index (κ1) is 22.3. The van der Waals surface area contributed by atoms with E-state index in [0.29, 0.717) is 27.6 Å². The number of aromatic amines is 1. The average Bonchev–Trinajstić information content (AvgIpc) is 3.36. The zero-order valence-electron chi connectivity index (χ0n) is 18.0. The molecule has 1 aliphatic heterocycles. The van der Waals surface area contributed by atoms with E-state index in [4.69, 9.17) is 23.2 Å². The molecule has 4 aromatic rings. The van der Waals surface area contributed by atoms with Crippen LogP contribution in [0.1, 0.15) is 22.7 Å². The fourth-order valence-corrected chi connectivity index (χ4v) is 5.00. The first-order valence-corrected chi connectivity index (χ1v) is 11.5. The summed E-state index contributed by atoms with van der Waals surface area (Å²) in [6.07, 6.45) is 2.43. The molecule has 0 aliphatic carbocycles. The van der Waals surface area contributed by atoms with Gasteiger partial charge in [0.25, 0.3) is 11.7 Å². The van der Waals surface area contributed by atoms with Gasteiger partial charge in [-0.15, -0.1) is 0 Å². The van der Waals surface area contributed by atoms with Crippen LogP contribution >= 0.6 is 23.2 Å². The normalized spacial score (nSPS) is 17.6. The van der Waals surface area contributed by atoms with Crippen LogP contribution in [-0.2, 0) is 16.0 Å². The van der Waals surface area contributed by atoms with E-state index in [2.05, 4.69) is 4.98 Å². The van der Waals surface area contributed by atoms with E-state index in [0.717, 1.165) is 16.5 Å². The summed E-state index contributed by atoms with van der Waals surface area (Å²) in [7, 11) is 0. The minimum Gasteiger partial charge on any atom is -0.507 e. The Kier molecular flexibility index (Phi) is 5.90. The van der Waals surface area contributed by atoms with Gasteiger partial charge in [-0.3, -0.25) is 9.59 Å². The molecule has 1 fully saturated rings. The molecule has 1 saturated heterocycles. The molecule has 5 nitrogen and oxygen atoms in total. The number of rotatable bonds is 5. The molecule has 2 heterocycles. The van der Waals surface area contributed by atoms with Crippen molar-refractivity contribution in [3.63, 3.8) is 0 Å². The number of nitrogens with zero attached hydrogens (tertiary/aromatic N) is 1. The number of hydrogen-bond acceptors (Lipinski definition) is 3. The van der Waals surface area contributed by atoms with Crippen molar-refractivity contribution in [3.8, 4) is 0 Å². The molecule has 2 N–H and O–H groups in total. The van der Waals surface area contributed by atoms with Crippen molar-refractivity contribution in [2.75, 3.05) is 6.54 Å². The topological polar surface area (TPSA) is 73.4 Å². The lowest BCUT2D eigenvalue weighted by Crippen LogP contribution is -2.31. The molecule has 5 rings (SSSR count). The maximum Gasteiger partial charge on any atom is 0.295 e. The Morgan fingerprint density at radius 1 is 0.971 bits per heavy atom. The van der Waals surface area contributed by atoms with Crippen LogP contribution in [0.5, 0.6) is 0 Å². The van der Waals surface area contributed by atoms with Gasteiger partial charge in [0.15, 0.2) is 0 Å². The van der Waals surface area contributed by atoms with Gasteiger partial charge in [-0.1, -0.05) is 77.8 Å². The zero-order chi connectivity index (χ0) is 23.8. The van der Waals surface area contributed by atoms with Gasteiger partial charge >= 0.3 is 0 Å². The standard InChI is InChI=1S/C27H20Cl2N2O3/c28-18-10-11-20(21(29)14-18)24-23(25(32)16-6-2-1-3-7-16)26(33)27(34)31(24)13-12-17-15-30-22-9-5-4-8-19(17)22/h1-11,14-15,24,30,32H,12-13H2. The number of hydrogen-bond donors (Lipinski definition) is 2. The van der Waals surface area contributed by atoms with Crippen LogP contribution in [0, 0.1) is 0 Å². The monoisotopic (exact) mass is 490 g/mol. The number of nitrogens with one attached hydrogen (secondary N) is 1. The van der Waals surface area contributed by atoms with Crippen LogP contribution in [0.25, 0.3) is 16.7 Å². The number of likely N-dealkylation sites (tertiary alicyclic amines) is 1. The Labute approximate surface area is 206 Å². The molecule has 1 aliphatic rings. The molecule has 1 amide bonds. The van der Waals surface area contributed by atoms with E-state index in [9.17, 15) is 14.7 Å². The molecule has 0 spiro atoms. The largest absolute Gasteiger partial charge is 0.507 e. The van der Waals surface area contributed by atoms with Gasteiger partial charge in [-0.2, -0.15) is 0 Å². The maximum atomic E-state index is 13.2. The number of aliphatic hydroxyl groups excluding tert-OH is 1. The summed E-state index contributed by atoms with van der Waals surface area (Å²) in [5.41, 5.74) is 3.02. The van der Waals surface area contributed by atoms with Gasteiger partial charge < -0.3 is 15.0 Å². The lowest BCUT2D eigenvalue weighted by atomic mass is 9.95. The summed E-state index contributed by atoms with van der Waals surface area (Å²) in [6, 6.07) is 20.7. The second-order valence-corrected chi connectivity index (χ2v) is 8.98. The lowest BCUT2D eigenvalue weighted by Gasteiger charge is -2.26. The third-order valence-electron chi connectivity index (χ3n) is 6.14. The Balaban J connectivity index is 1.59. The van der Waals surface area contributed by atoms with Crippen molar-refractivity contribution in [1.82, 2.24) is 9.88 Å². The molecule has 1 unspecified atom stereocenters. The van der Waals surface area contributed by atoms with Gasteiger partial charge in [0.2, 0.25) is 0 Å². The van der Waals surface area contributed by atoms with Gasteiger partial charge in [0.05, 0.1) is 11.6 Å². The molecule has 0 bridgehead atoms. The highest BCUT2D eigenvalue weighted by molar-refractivity contribution is 6.47. The zero-order valence-corrected chi connectivity index (χ0v) is 19.5. The number of Topliss-reactive ketones (excluding diaryl/α,β-unsaturated/α-hetero) is 1. The van der Waals surface area contributed by atoms with E-state index in [1.54, 1.807) is 42.5 Å². The second kappa shape index (κ2) is 9.01. The molecule has 0 saturated carbocycles. The highest BCUT2D eigenvalue weighted by Gasteiger charge is 2.46. The quantitative estimate of drug-likeness (QED) is 0.200. The summed E-state index contributed by atoms with van der Waals surface area (Å²) < 4.78 is 0. The van der Waals surface area contributed by atoms with Crippen LogP contribution in [-0.4, -0.2) is 33.2 Å². The molecular formula is C27H20Cl2N2O3. The SMILES string of the molecule is O=C1C(=O)N(CCc2c[nH]c3ccccc23)C(c2ccc(Cl)cc2Cl)C1=C(O)c1ccccc1. The Morgan fingerprint density at radius 3 is 2.47 bits per heavy atom. The molecule has 0 radical (unpaired) electrons. The van der Waals surface area contributed by atoms with E-state index < -0.39 is 17.7 Å². The molecule has 170 valence electrons. The number of benzene rings is 3. The number of para-hydroxylation sites is 1. The number of carbonyl (C=O) groups is 2. The van der Waals surface area contributed by atoms with E-state index >= 15 is 0 Å². The van der Waals surface area contributed by atoms with Gasteiger partial charge in [0, 0.05) is 39.3 Å². The Bertz CT molecular complexity index is 1440. The first-order valence-electron chi connectivity index (χ1n) is 10.8. The first-order chi connectivity index (χ1) is 16.5. The number of fused-ring (bicyclic) bond motifs is 1. The van der Waals surface area contributed by atoms with Crippen LogP contribution in [0.4, 0.5) is 0 Å². The van der Waals surface area contributed by atoms with E-state index in [1.165, 1.54) is 4.90 Å². The maximum absolute atomic E-state index is 13.2. The minimum atomic E-state index is -0.838. The van der Waals surface area contributed by atoms with Crippen molar-refractivity contribution in [1.29, 1.82) is 0 Å². The van der Waals surface area contributed by atoms with E-state index in [-0.39, 0.29) is 17.9 Å². The molecular weight excluding hydrogens is 471 g/mol. The highest BCUT2D eigenvalue weighted by atomic mass is 35.5. The molecule has 34 heavy (non-hydrogen) atoms. The van der Waals surface area contributed by atoms with Crippen LogP contribution in [0.15, 0.2) is 84.6 Å². The predicted octanol–water partition coefficient (Wildman–Crippen LogP) is 6.14. The fraction of sp³-hybridized carbons (Fsp3) is 0.111. The minimum absolute atomic E-state index is 0.0133. The summed E-state index contributed by atoms with van der Waals surface area (Å²) in [5, 5.41) is 12.9. The molecule has 1 atom stereocenters. The van der Waals surface area contributed by atoms with Crippen molar-refractivity contribution in [3.05, 3.63) is 111 Å². The van der Waals surface area contributed by atoms with E-state index in [1.807, 2.05) is 36.5 Å². The van der Waals surface area contributed by atoms with Crippen molar-refractivity contribution >= 4 is 51.6 Å². The van der Waals surface area contributed by atoms with Crippen molar-refractivity contribution < 1.29 is 14.7 Å². The summed E-state index contributed by atoms with van der Waals surface area (Å²) in [6.45, 7) is 0.265. The van der Waals surface area contributed by atoms with Crippen LogP contribution < -0.4 is 0 Å². The van der Waals surface area contributed by atoms with Gasteiger partial charge in [0.1, 0.15) is 5.76 Å². The molecule has 7 heteroatoms. The second-order valence-electron chi connectivity index (χ2n) is 8.13. The third-order valence-corrected chi connectivity index (χ3v) is 6.70. The van der Waals surface area contributed by atoms with Crippen molar-refractivity contribution in [2.45, 2.75) is 12.5 Å². The summed E-state index contributed by atoms with van der Waals surface area (Å²) >= 11 is 12.6. The Hall–Kier alpha value is -3.54. The predicted molar refractivity (Wildman–Crippen MR) is 134 cm³/mol. The lowest BCUT2D eigenvalue weighted by molar-refractivity contribution is -0.139. The van der Waals surface area contributed by atoms with Gasteiger partial charge in [-0.25, -0.2) is 0 Å². The molecule has 3 aromatic carbocycles. The van der Waals surface area contributed by atoms with Crippen LogP contribution in [0.3, 0.4) is 0 Å². The van der Waals surface area contributed by atoms with Gasteiger partial charge in [-0.05, 0) is 35.7 Å². The number of aromatic nitrogens is 1. The third kappa shape index (κ3) is 3.87. The van der Waals surface area contributed by atoms with Crippen LogP contribution in [0.2, 0.25) is 10.0 Å². The smallest absolute Gasteiger partial charge is 0.295 e. The fourth-order valence-electron chi connectivity index (χ4n) is 4.49. The molecule has 1 aromatic heterocycles. The number of H-pyrrole nitrogens is 1. The number of aliphatic hydroxyl groups is 1. The average molecular weight is 491 g/mol. The number of halogens is 2. The Morgan fingerprint density at radius 2 is 1.71 bits per heavy atom. The highest BCUT2D eigenvalue weighted by Crippen LogP contribution is 2.42. The number of amides is 1. The van der Waals surface area contributed by atoms with Crippen molar-refractivity contribution in [2.24, 2.45) is 0 Å².